The highest BCUT2D eigenvalue weighted by Crippen LogP contribution is 2.25. The molecule has 1 aliphatic rings. The van der Waals surface area contributed by atoms with Crippen LogP contribution in [0.3, 0.4) is 0 Å². The van der Waals surface area contributed by atoms with Gasteiger partial charge in [-0.15, -0.1) is 0 Å². The molecule has 26 heavy (non-hydrogen) atoms. The topological polar surface area (TPSA) is 41.6 Å². The van der Waals surface area contributed by atoms with Crippen molar-refractivity contribution in [2.24, 2.45) is 5.92 Å². The Morgan fingerprint density at radius 1 is 1.27 bits per heavy atom. The van der Waals surface area contributed by atoms with Crippen LogP contribution in [0.2, 0.25) is 0 Å². The van der Waals surface area contributed by atoms with E-state index in [1.54, 1.807) is 0 Å². The van der Waals surface area contributed by atoms with Crippen LogP contribution in [0.25, 0.3) is 0 Å². The maximum atomic E-state index is 12.0. The SMILES string of the molecule is CCc1ccc(OCC(=O)NCC2CCN(c3cccc(Br)c3)C2)cc1. The Labute approximate surface area is 163 Å². The molecule has 138 valence electrons. The van der Waals surface area contributed by atoms with Gasteiger partial charge < -0.3 is 15.0 Å². The van der Waals surface area contributed by atoms with Crippen LogP contribution in [0.4, 0.5) is 5.69 Å². The van der Waals surface area contributed by atoms with Crippen molar-refractivity contribution in [2.75, 3.05) is 31.1 Å². The smallest absolute Gasteiger partial charge is 0.257 e. The van der Waals surface area contributed by atoms with Gasteiger partial charge in [0.25, 0.3) is 5.91 Å². The quantitative estimate of drug-likeness (QED) is 0.740. The fraction of sp³-hybridized carbons (Fsp3) is 0.381. The number of nitrogens with zero attached hydrogens (tertiary/aromatic N) is 1. The predicted molar refractivity (Wildman–Crippen MR) is 109 cm³/mol. The first kappa shape index (κ1) is 18.8. The van der Waals surface area contributed by atoms with Crippen molar-refractivity contribution in [3.8, 4) is 5.75 Å². The highest BCUT2D eigenvalue weighted by atomic mass is 79.9. The zero-order valence-electron chi connectivity index (χ0n) is 15.1. The minimum absolute atomic E-state index is 0.0630. The molecule has 0 aliphatic carbocycles. The molecule has 1 N–H and O–H groups in total. The van der Waals surface area contributed by atoms with E-state index in [4.69, 9.17) is 4.74 Å². The monoisotopic (exact) mass is 416 g/mol. The van der Waals surface area contributed by atoms with E-state index in [-0.39, 0.29) is 12.5 Å². The van der Waals surface area contributed by atoms with Gasteiger partial charge in [-0.3, -0.25) is 4.79 Å². The molecule has 3 rings (SSSR count). The number of halogens is 1. The van der Waals surface area contributed by atoms with Crippen LogP contribution in [0, 0.1) is 5.92 Å². The van der Waals surface area contributed by atoms with Gasteiger partial charge in [0.1, 0.15) is 5.75 Å². The van der Waals surface area contributed by atoms with Crippen molar-refractivity contribution in [3.63, 3.8) is 0 Å². The van der Waals surface area contributed by atoms with Gasteiger partial charge in [-0.1, -0.05) is 41.1 Å². The van der Waals surface area contributed by atoms with Crippen LogP contribution in [0.1, 0.15) is 18.9 Å². The first-order valence-corrected chi connectivity index (χ1v) is 9.92. The molecule has 2 aromatic rings. The van der Waals surface area contributed by atoms with Crippen LogP contribution in [0.15, 0.2) is 53.0 Å². The van der Waals surface area contributed by atoms with Gasteiger partial charge in [-0.2, -0.15) is 0 Å². The third kappa shape index (κ3) is 5.24. The van der Waals surface area contributed by atoms with Crippen molar-refractivity contribution >= 4 is 27.5 Å². The molecule has 1 unspecified atom stereocenters. The Hall–Kier alpha value is -2.01. The van der Waals surface area contributed by atoms with E-state index in [2.05, 4.69) is 51.3 Å². The highest BCUT2D eigenvalue weighted by molar-refractivity contribution is 9.10. The number of carbonyl (C=O) groups excluding carboxylic acids is 1. The molecule has 1 atom stereocenters. The van der Waals surface area contributed by atoms with Gasteiger partial charge in [0.05, 0.1) is 0 Å². The van der Waals surface area contributed by atoms with Gasteiger partial charge in [0.2, 0.25) is 0 Å². The summed E-state index contributed by atoms with van der Waals surface area (Å²) in [6.45, 7) is 4.87. The number of amides is 1. The van der Waals surface area contributed by atoms with E-state index in [0.29, 0.717) is 12.5 Å². The van der Waals surface area contributed by atoms with Crippen LogP contribution in [-0.4, -0.2) is 32.1 Å². The van der Waals surface area contributed by atoms with E-state index >= 15 is 0 Å². The highest BCUT2D eigenvalue weighted by Gasteiger charge is 2.23. The summed E-state index contributed by atoms with van der Waals surface area (Å²) in [7, 11) is 0. The number of hydrogen-bond acceptors (Lipinski definition) is 3. The number of benzene rings is 2. The molecule has 0 saturated carbocycles. The van der Waals surface area contributed by atoms with Crippen molar-refractivity contribution in [1.29, 1.82) is 0 Å². The number of hydrogen-bond donors (Lipinski definition) is 1. The Balaban J connectivity index is 1.39. The van der Waals surface area contributed by atoms with E-state index < -0.39 is 0 Å². The van der Waals surface area contributed by atoms with Gasteiger partial charge in [0.15, 0.2) is 6.61 Å². The number of carbonyl (C=O) groups is 1. The second-order valence-electron chi connectivity index (χ2n) is 6.67. The van der Waals surface area contributed by atoms with E-state index in [1.807, 2.05) is 30.3 Å². The summed E-state index contributed by atoms with van der Waals surface area (Å²) in [5, 5.41) is 3.00. The first-order chi connectivity index (χ1) is 12.6. The Kier molecular flexibility index (Phi) is 6.56. The molecule has 1 saturated heterocycles. The zero-order chi connectivity index (χ0) is 18.4. The van der Waals surface area contributed by atoms with E-state index in [0.717, 1.165) is 36.2 Å². The molecule has 4 nitrogen and oxygen atoms in total. The fourth-order valence-corrected chi connectivity index (χ4v) is 3.57. The third-order valence-corrected chi connectivity index (χ3v) is 5.24. The second-order valence-corrected chi connectivity index (χ2v) is 7.59. The lowest BCUT2D eigenvalue weighted by molar-refractivity contribution is -0.123. The van der Waals surface area contributed by atoms with Crippen molar-refractivity contribution in [1.82, 2.24) is 5.32 Å². The lowest BCUT2D eigenvalue weighted by atomic mass is 10.1. The molecule has 2 aromatic carbocycles. The summed E-state index contributed by atoms with van der Waals surface area (Å²) in [5.74, 6) is 1.14. The minimum atomic E-state index is -0.0644. The summed E-state index contributed by atoms with van der Waals surface area (Å²) in [6.07, 6.45) is 2.09. The lowest BCUT2D eigenvalue weighted by Gasteiger charge is -2.19. The number of nitrogens with one attached hydrogen (secondary N) is 1. The third-order valence-electron chi connectivity index (χ3n) is 4.75. The molecule has 0 aromatic heterocycles. The molecule has 1 amide bonds. The van der Waals surface area contributed by atoms with Gasteiger partial charge in [-0.25, -0.2) is 0 Å². The number of ether oxygens (including phenoxy) is 1. The average molecular weight is 417 g/mol. The molecule has 0 spiro atoms. The Bertz CT molecular complexity index is 733. The van der Waals surface area contributed by atoms with Crippen LogP contribution >= 0.6 is 15.9 Å². The molecule has 0 bridgehead atoms. The molecule has 1 fully saturated rings. The summed E-state index contributed by atoms with van der Waals surface area (Å²) >= 11 is 3.52. The Morgan fingerprint density at radius 3 is 2.81 bits per heavy atom. The maximum absolute atomic E-state index is 12.0. The molecular formula is C21H25BrN2O2. The van der Waals surface area contributed by atoms with E-state index in [1.165, 1.54) is 11.3 Å². The summed E-state index contributed by atoms with van der Waals surface area (Å²) in [6, 6.07) is 16.2. The van der Waals surface area contributed by atoms with Gasteiger partial charge >= 0.3 is 0 Å². The normalized spacial score (nSPS) is 16.5. The van der Waals surface area contributed by atoms with Gasteiger partial charge in [0, 0.05) is 29.8 Å². The van der Waals surface area contributed by atoms with Crippen LogP contribution in [-0.2, 0) is 11.2 Å². The number of aryl methyl sites for hydroxylation is 1. The maximum Gasteiger partial charge on any atom is 0.257 e. The number of anilines is 1. The fourth-order valence-electron chi connectivity index (χ4n) is 3.19. The molecule has 0 radical (unpaired) electrons. The van der Waals surface area contributed by atoms with Crippen LogP contribution in [0.5, 0.6) is 5.75 Å². The first-order valence-electron chi connectivity index (χ1n) is 9.13. The lowest BCUT2D eigenvalue weighted by Crippen LogP contribution is -2.34. The van der Waals surface area contributed by atoms with Crippen molar-refractivity contribution < 1.29 is 9.53 Å². The summed E-state index contributed by atoms with van der Waals surface area (Å²) < 4.78 is 6.65. The summed E-state index contributed by atoms with van der Waals surface area (Å²) in [5.41, 5.74) is 2.49. The second kappa shape index (κ2) is 9.08. The Morgan fingerprint density at radius 2 is 2.08 bits per heavy atom. The average Bonchev–Trinajstić information content (AvgIpc) is 3.14. The van der Waals surface area contributed by atoms with Crippen LogP contribution < -0.4 is 15.0 Å². The zero-order valence-corrected chi connectivity index (χ0v) is 16.7. The van der Waals surface area contributed by atoms with E-state index in [9.17, 15) is 4.79 Å². The molecule has 1 heterocycles. The predicted octanol–water partition coefficient (Wildman–Crippen LogP) is 4.03. The molecule has 1 aliphatic heterocycles. The standard InChI is InChI=1S/C21H25BrN2O2/c1-2-16-6-8-20(9-7-16)26-15-21(25)23-13-17-10-11-24(14-17)19-5-3-4-18(22)12-19/h3-9,12,17H,2,10-11,13-15H2,1H3,(H,23,25). The minimum Gasteiger partial charge on any atom is -0.484 e. The van der Waals surface area contributed by atoms with Crippen molar-refractivity contribution in [2.45, 2.75) is 19.8 Å². The number of rotatable bonds is 7. The molecule has 5 heteroatoms. The van der Waals surface area contributed by atoms with Gasteiger partial charge in [-0.05, 0) is 54.7 Å². The molecular weight excluding hydrogens is 392 g/mol. The largest absolute Gasteiger partial charge is 0.484 e. The summed E-state index contributed by atoms with van der Waals surface area (Å²) in [4.78, 5) is 14.4. The van der Waals surface area contributed by atoms with Crippen molar-refractivity contribution in [3.05, 3.63) is 58.6 Å².